The van der Waals surface area contributed by atoms with Gasteiger partial charge in [0, 0.05) is 36.4 Å². The van der Waals surface area contributed by atoms with Gasteiger partial charge in [-0.3, -0.25) is 9.89 Å². The highest BCUT2D eigenvalue weighted by atomic mass is 35.5. The minimum atomic E-state index is -0.260. The first-order chi connectivity index (χ1) is 14.1. The molecule has 7 heteroatoms. The van der Waals surface area contributed by atoms with Gasteiger partial charge in [-0.05, 0) is 48.4 Å². The predicted molar refractivity (Wildman–Crippen MR) is 111 cm³/mol. The summed E-state index contributed by atoms with van der Waals surface area (Å²) in [4.78, 5) is 15.0. The first-order valence-corrected chi connectivity index (χ1v) is 9.80. The molecule has 6 nitrogen and oxygen atoms in total. The Morgan fingerprint density at radius 1 is 1.17 bits per heavy atom. The summed E-state index contributed by atoms with van der Waals surface area (Å²) in [5.41, 5.74) is 4.04. The first-order valence-electron chi connectivity index (χ1n) is 9.42. The van der Waals surface area contributed by atoms with Gasteiger partial charge in [-0.2, -0.15) is 5.10 Å². The van der Waals surface area contributed by atoms with Crippen LogP contribution in [0.25, 0.3) is 11.3 Å². The topological polar surface area (TPSA) is 67.5 Å². The second-order valence-electron chi connectivity index (χ2n) is 6.89. The number of halogens is 1. The lowest BCUT2D eigenvalue weighted by Crippen LogP contribution is -2.31. The van der Waals surface area contributed by atoms with Gasteiger partial charge in [0.2, 0.25) is 0 Å². The number of aromatic amines is 1. The molecule has 0 spiro atoms. The van der Waals surface area contributed by atoms with Gasteiger partial charge >= 0.3 is 0 Å². The van der Waals surface area contributed by atoms with Crippen LogP contribution in [0.3, 0.4) is 0 Å². The summed E-state index contributed by atoms with van der Waals surface area (Å²) in [7, 11) is 3.29. The van der Waals surface area contributed by atoms with Gasteiger partial charge in [0.05, 0.1) is 18.8 Å². The number of carbonyl (C=O) groups is 1. The van der Waals surface area contributed by atoms with Crippen molar-refractivity contribution in [2.75, 3.05) is 27.4 Å². The largest absolute Gasteiger partial charge is 0.497 e. The van der Waals surface area contributed by atoms with E-state index in [2.05, 4.69) is 10.2 Å². The summed E-state index contributed by atoms with van der Waals surface area (Å²) in [6.07, 6.45) is 0.745. The van der Waals surface area contributed by atoms with E-state index >= 15 is 0 Å². The molecule has 29 heavy (non-hydrogen) atoms. The van der Waals surface area contributed by atoms with Crippen molar-refractivity contribution in [2.24, 2.45) is 0 Å². The molecule has 0 saturated carbocycles. The molecule has 2 aromatic carbocycles. The van der Waals surface area contributed by atoms with E-state index in [9.17, 15) is 4.79 Å². The monoisotopic (exact) mass is 411 g/mol. The van der Waals surface area contributed by atoms with Crippen LogP contribution in [0, 0.1) is 0 Å². The molecule has 1 amide bonds. The number of H-pyrrole nitrogens is 1. The molecule has 1 N–H and O–H groups in total. The molecule has 4 rings (SSSR count). The summed E-state index contributed by atoms with van der Waals surface area (Å²) in [5, 5.41) is 8.07. The standard InChI is InChI=1S/C22H22ClN3O3/c1-28-12-4-11-26-21(15-5-3-6-16(23)13-15)18-19(24-25-20(18)22(26)27)14-7-9-17(29-2)10-8-14/h3,5-10,13,21H,4,11-12H2,1-2H3,(H,24,25). The molecule has 0 radical (unpaired) electrons. The Kier molecular flexibility index (Phi) is 5.56. The smallest absolute Gasteiger partial charge is 0.273 e. The lowest BCUT2D eigenvalue weighted by Gasteiger charge is -2.26. The first kappa shape index (κ1) is 19.5. The highest BCUT2D eigenvalue weighted by molar-refractivity contribution is 6.30. The molecule has 150 valence electrons. The van der Waals surface area contributed by atoms with Crippen molar-refractivity contribution in [1.29, 1.82) is 0 Å². The van der Waals surface area contributed by atoms with Crippen LogP contribution in [0.1, 0.15) is 34.1 Å². The SMILES string of the molecule is COCCCN1C(=O)c2[nH]nc(-c3ccc(OC)cc3)c2C1c1cccc(Cl)c1. The Balaban J connectivity index is 1.80. The summed E-state index contributed by atoms with van der Waals surface area (Å²) < 4.78 is 10.4. The maximum absolute atomic E-state index is 13.2. The Labute approximate surface area is 174 Å². The normalized spacial score (nSPS) is 15.6. The number of benzene rings is 2. The molecule has 1 unspecified atom stereocenters. The maximum atomic E-state index is 13.2. The van der Waals surface area contributed by atoms with Crippen LogP contribution in [0.4, 0.5) is 0 Å². The van der Waals surface area contributed by atoms with E-state index in [1.165, 1.54) is 0 Å². The second-order valence-corrected chi connectivity index (χ2v) is 7.33. The van der Waals surface area contributed by atoms with Crippen molar-refractivity contribution in [3.8, 4) is 17.0 Å². The van der Waals surface area contributed by atoms with E-state index in [0.717, 1.165) is 34.6 Å². The molecule has 0 fully saturated rings. The van der Waals surface area contributed by atoms with Crippen molar-refractivity contribution >= 4 is 17.5 Å². The van der Waals surface area contributed by atoms with E-state index < -0.39 is 0 Å². The summed E-state index contributed by atoms with van der Waals surface area (Å²) in [6, 6.07) is 15.0. The van der Waals surface area contributed by atoms with Crippen LogP contribution in [0.5, 0.6) is 5.75 Å². The van der Waals surface area contributed by atoms with E-state index in [1.54, 1.807) is 14.2 Å². The van der Waals surface area contributed by atoms with Crippen molar-refractivity contribution < 1.29 is 14.3 Å². The van der Waals surface area contributed by atoms with Gasteiger partial charge in [-0.15, -0.1) is 0 Å². The second kappa shape index (κ2) is 8.27. The van der Waals surface area contributed by atoms with Crippen LogP contribution < -0.4 is 4.74 Å². The molecule has 1 aliphatic heterocycles. The molecule has 3 aromatic rings. The Hall–Kier alpha value is -2.83. The van der Waals surface area contributed by atoms with E-state index in [4.69, 9.17) is 21.1 Å². The number of aromatic nitrogens is 2. The lowest BCUT2D eigenvalue weighted by molar-refractivity contribution is 0.0723. The summed E-state index contributed by atoms with van der Waals surface area (Å²) in [5.74, 6) is 0.706. The van der Waals surface area contributed by atoms with Crippen LogP contribution in [-0.4, -0.2) is 48.4 Å². The molecule has 1 aromatic heterocycles. The fourth-order valence-electron chi connectivity index (χ4n) is 3.80. The summed E-state index contributed by atoms with van der Waals surface area (Å²) >= 11 is 6.26. The van der Waals surface area contributed by atoms with Crippen LogP contribution in [-0.2, 0) is 4.74 Å². The van der Waals surface area contributed by atoms with Crippen molar-refractivity contribution in [2.45, 2.75) is 12.5 Å². The zero-order valence-corrected chi connectivity index (χ0v) is 17.1. The lowest BCUT2D eigenvalue weighted by atomic mass is 9.96. The number of hydrogen-bond donors (Lipinski definition) is 1. The van der Waals surface area contributed by atoms with Gasteiger partial charge in [0.1, 0.15) is 11.4 Å². The molecule has 1 aliphatic rings. The number of rotatable bonds is 7. The van der Waals surface area contributed by atoms with Gasteiger partial charge in [0.25, 0.3) is 5.91 Å². The van der Waals surface area contributed by atoms with Crippen LogP contribution in [0.2, 0.25) is 5.02 Å². The predicted octanol–water partition coefficient (Wildman–Crippen LogP) is 4.32. The van der Waals surface area contributed by atoms with E-state index in [-0.39, 0.29) is 11.9 Å². The number of carbonyl (C=O) groups excluding carboxylic acids is 1. The minimum absolute atomic E-state index is 0.0617. The molecule has 1 atom stereocenters. The van der Waals surface area contributed by atoms with Gasteiger partial charge in [-0.1, -0.05) is 23.7 Å². The Bertz CT molecular complexity index is 1020. The number of methoxy groups -OCH3 is 2. The molecule has 2 heterocycles. The fraction of sp³-hybridized carbons (Fsp3) is 0.273. The zero-order chi connectivity index (χ0) is 20.4. The zero-order valence-electron chi connectivity index (χ0n) is 16.3. The van der Waals surface area contributed by atoms with Crippen molar-refractivity contribution in [1.82, 2.24) is 15.1 Å². The maximum Gasteiger partial charge on any atom is 0.273 e. The average molecular weight is 412 g/mol. The Morgan fingerprint density at radius 3 is 2.66 bits per heavy atom. The summed E-state index contributed by atoms with van der Waals surface area (Å²) in [6.45, 7) is 1.16. The minimum Gasteiger partial charge on any atom is -0.497 e. The quantitative estimate of drug-likeness (QED) is 0.588. The number of nitrogens with zero attached hydrogens (tertiary/aromatic N) is 2. The number of nitrogens with one attached hydrogen (secondary N) is 1. The number of amides is 1. The van der Waals surface area contributed by atoms with Crippen molar-refractivity contribution in [3.63, 3.8) is 0 Å². The fourth-order valence-corrected chi connectivity index (χ4v) is 4.00. The molecule has 0 saturated heterocycles. The number of fused-ring (bicyclic) bond motifs is 1. The average Bonchev–Trinajstić information content (AvgIpc) is 3.28. The van der Waals surface area contributed by atoms with E-state index in [1.807, 2.05) is 53.4 Å². The van der Waals surface area contributed by atoms with Gasteiger partial charge in [0.15, 0.2) is 0 Å². The third kappa shape index (κ3) is 3.61. The number of hydrogen-bond acceptors (Lipinski definition) is 4. The van der Waals surface area contributed by atoms with Crippen LogP contribution in [0.15, 0.2) is 48.5 Å². The van der Waals surface area contributed by atoms with Gasteiger partial charge < -0.3 is 14.4 Å². The Morgan fingerprint density at radius 2 is 1.97 bits per heavy atom. The molecule has 0 bridgehead atoms. The molecular weight excluding hydrogens is 390 g/mol. The highest BCUT2D eigenvalue weighted by Crippen LogP contribution is 2.43. The van der Waals surface area contributed by atoms with Crippen molar-refractivity contribution in [3.05, 3.63) is 70.4 Å². The van der Waals surface area contributed by atoms with Crippen LogP contribution >= 0.6 is 11.6 Å². The third-order valence-electron chi connectivity index (χ3n) is 5.14. The number of ether oxygens (including phenoxy) is 2. The van der Waals surface area contributed by atoms with E-state index in [0.29, 0.717) is 23.9 Å². The molecular formula is C22H22ClN3O3. The highest BCUT2D eigenvalue weighted by Gasteiger charge is 2.41. The third-order valence-corrected chi connectivity index (χ3v) is 5.37. The van der Waals surface area contributed by atoms with Gasteiger partial charge in [-0.25, -0.2) is 0 Å². The molecule has 0 aliphatic carbocycles.